The fourth-order valence-corrected chi connectivity index (χ4v) is 4.67. The first-order chi connectivity index (χ1) is 12.6. The number of hydrogen-bond acceptors (Lipinski definition) is 2. The summed E-state index contributed by atoms with van der Waals surface area (Å²) >= 11 is 5.92. The van der Waals surface area contributed by atoms with E-state index in [1.807, 2.05) is 4.90 Å². The summed E-state index contributed by atoms with van der Waals surface area (Å²) in [6.45, 7) is 1.29. The Labute approximate surface area is 160 Å². The first-order valence-electron chi connectivity index (χ1n) is 10.0. The molecule has 3 fully saturated rings. The van der Waals surface area contributed by atoms with Crippen molar-refractivity contribution in [2.75, 3.05) is 13.1 Å². The highest BCUT2D eigenvalue weighted by atomic mass is 35.5. The lowest BCUT2D eigenvalue weighted by Gasteiger charge is -2.37. The maximum absolute atomic E-state index is 13.3. The normalized spacial score (nSPS) is 23.9. The molecule has 1 unspecified atom stereocenters. The third-order valence-corrected chi connectivity index (χ3v) is 6.31. The minimum atomic E-state index is -0.0406. The molecule has 0 aromatic heterocycles. The Bertz CT molecular complexity index is 665. The van der Waals surface area contributed by atoms with E-state index in [-0.39, 0.29) is 11.8 Å². The molecule has 1 heterocycles. The zero-order valence-electron chi connectivity index (χ0n) is 15.2. The summed E-state index contributed by atoms with van der Waals surface area (Å²) in [6.07, 6.45) is 8.91. The lowest BCUT2D eigenvalue weighted by atomic mass is 9.95. The highest BCUT2D eigenvalue weighted by molar-refractivity contribution is 6.30. The van der Waals surface area contributed by atoms with Crippen LogP contribution in [0.25, 0.3) is 0 Å². The van der Waals surface area contributed by atoms with Crippen molar-refractivity contribution in [1.82, 2.24) is 9.80 Å². The molecule has 0 spiro atoms. The van der Waals surface area contributed by atoms with E-state index >= 15 is 0 Å². The zero-order valence-corrected chi connectivity index (χ0v) is 16.0. The Morgan fingerprint density at radius 1 is 0.923 bits per heavy atom. The Morgan fingerprint density at radius 2 is 1.58 bits per heavy atom. The van der Waals surface area contributed by atoms with E-state index in [2.05, 4.69) is 4.90 Å². The average Bonchev–Trinajstić information content (AvgIpc) is 3.35. The van der Waals surface area contributed by atoms with Crippen LogP contribution in [0.1, 0.15) is 61.7 Å². The lowest BCUT2D eigenvalue weighted by molar-refractivity contribution is -0.140. The average molecular weight is 375 g/mol. The monoisotopic (exact) mass is 374 g/mol. The van der Waals surface area contributed by atoms with Crippen molar-refractivity contribution in [3.63, 3.8) is 0 Å². The molecule has 1 atom stereocenters. The van der Waals surface area contributed by atoms with Crippen molar-refractivity contribution in [3.8, 4) is 0 Å². The zero-order chi connectivity index (χ0) is 18.1. The minimum absolute atomic E-state index is 0.0120. The standard InChI is InChI=1S/C21H27ClN2O2/c22-17-9-7-15(8-10-17)20(25)23-13-3-4-16(14-23)21(26)24(19-11-12-19)18-5-1-2-6-18/h7-10,16,18-19H,1-6,11-14H2. The quantitative estimate of drug-likeness (QED) is 0.795. The minimum Gasteiger partial charge on any atom is -0.338 e. The van der Waals surface area contributed by atoms with Crippen LogP contribution in [0.4, 0.5) is 0 Å². The number of nitrogens with zero attached hydrogens (tertiary/aromatic N) is 2. The van der Waals surface area contributed by atoms with E-state index in [4.69, 9.17) is 11.6 Å². The molecular formula is C21H27ClN2O2. The summed E-state index contributed by atoms with van der Waals surface area (Å²) in [4.78, 5) is 30.2. The van der Waals surface area contributed by atoms with Gasteiger partial charge < -0.3 is 9.80 Å². The van der Waals surface area contributed by atoms with Gasteiger partial charge in [-0.3, -0.25) is 9.59 Å². The van der Waals surface area contributed by atoms with Gasteiger partial charge in [-0.25, -0.2) is 0 Å². The van der Waals surface area contributed by atoms with Crippen LogP contribution in [-0.4, -0.2) is 46.8 Å². The molecule has 2 amide bonds. The molecule has 140 valence electrons. The number of likely N-dealkylation sites (tertiary alicyclic amines) is 1. The first kappa shape index (κ1) is 17.8. The fraction of sp³-hybridized carbons (Fsp3) is 0.619. The molecule has 1 aromatic carbocycles. The van der Waals surface area contributed by atoms with E-state index in [1.54, 1.807) is 24.3 Å². The molecule has 1 aromatic rings. The van der Waals surface area contributed by atoms with Gasteiger partial charge in [0.05, 0.1) is 5.92 Å². The van der Waals surface area contributed by atoms with Crippen LogP contribution in [0.3, 0.4) is 0 Å². The first-order valence-corrected chi connectivity index (χ1v) is 10.4. The Kier molecular flexibility index (Phi) is 5.21. The van der Waals surface area contributed by atoms with Gasteiger partial charge in [-0.05, 0) is 62.8 Å². The number of rotatable bonds is 4. The number of halogens is 1. The Morgan fingerprint density at radius 3 is 2.23 bits per heavy atom. The topological polar surface area (TPSA) is 40.6 Å². The molecule has 0 N–H and O–H groups in total. The molecule has 0 bridgehead atoms. The molecular weight excluding hydrogens is 348 g/mol. The lowest BCUT2D eigenvalue weighted by Crippen LogP contribution is -2.50. The van der Waals surface area contributed by atoms with Gasteiger partial charge in [0, 0.05) is 35.8 Å². The van der Waals surface area contributed by atoms with Crippen LogP contribution in [0, 0.1) is 5.92 Å². The number of carbonyl (C=O) groups is 2. The van der Waals surface area contributed by atoms with Crippen molar-refractivity contribution < 1.29 is 9.59 Å². The Hall–Kier alpha value is -1.55. The number of carbonyl (C=O) groups excluding carboxylic acids is 2. The van der Waals surface area contributed by atoms with Crippen LogP contribution >= 0.6 is 11.6 Å². The van der Waals surface area contributed by atoms with Gasteiger partial charge in [-0.1, -0.05) is 24.4 Å². The highest BCUT2D eigenvalue weighted by Gasteiger charge is 2.42. The van der Waals surface area contributed by atoms with Crippen LogP contribution in [0.5, 0.6) is 0 Å². The largest absolute Gasteiger partial charge is 0.338 e. The molecule has 4 nitrogen and oxygen atoms in total. The maximum Gasteiger partial charge on any atom is 0.253 e. The summed E-state index contributed by atoms with van der Waals surface area (Å²) < 4.78 is 0. The van der Waals surface area contributed by atoms with E-state index in [0.29, 0.717) is 35.1 Å². The summed E-state index contributed by atoms with van der Waals surface area (Å²) in [7, 11) is 0. The second-order valence-electron chi connectivity index (χ2n) is 8.01. The van der Waals surface area contributed by atoms with Crippen molar-refractivity contribution in [2.24, 2.45) is 5.92 Å². The van der Waals surface area contributed by atoms with Gasteiger partial charge in [-0.15, -0.1) is 0 Å². The smallest absolute Gasteiger partial charge is 0.253 e. The second kappa shape index (κ2) is 7.59. The van der Waals surface area contributed by atoms with Crippen LogP contribution in [0.2, 0.25) is 5.02 Å². The van der Waals surface area contributed by atoms with E-state index in [1.165, 1.54) is 12.8 Å². The van der Waals surface area contributed by atoms with Gasteiger partial charge in [0.2, 0.25) is 5.91 Å². The molecule has 5 heteroatoms. The molecule has 26 heavy (non-hydrogen) atoms. The third kappa shape index (κ3) is 3.75. The highest BCUT2D eigenvalue weighted by Crippen LogP contribution is 2.36. The maximum atomic E-state index is 13.3. The van der Waals surface area contributed by atoms with Gasteiger partial charge in [-0.2, -0.15) is 0 Å². The fourth-order valence-electron chi connectivity index (χ4n) is 4.54. The van der Waals surface area contributed by atoms with Gasteiger partial charge >= 0.3 is 0 Å². The second-order valence-corrected chi connectivity index (χ2v) is 8.45. The van der Waals surface area contributed by atoms with Crippen molar-refractivity contribution in [1.29, 1.82) is 0 Å². The summed E-state index contributed by atoms with van der Waals surface area (Å²) in [6, 6.07) is 7.94. The summed E-state index contributed by atoms with van der Waals surface area (Å²) in [5.74, 6) is 0.271. The molecule has 0 radical (unpaired) electrons. The Balaban J connectivity index is 1.44. The molecule has 2 aliphatic carbocycles. The van der Waals surface area contributed by atoms with Crippen molar-refractivity contribution >= 4 is 23.4 Å². The number of amides is 2. The number of hydrogen-bond donors (Lipinski definition) is 0. The summed E-state index contributed by atoms with van der Waals surface area (Å²) in [5.41, 5.74) is 0.650. The molecule has 3 aliphatic rings. The van der Waals surface area contributed by atoms with Crippen molar-refractivity contribution in [2.45, 2.75) is 63.5 Å². The third-order valence-electron chi connectivity index (χ3n) is 6.06. The van der Waals surface area contributed by atoms with E-state index in [0.717, 1.165) is 45.1 Å². The van der Waals surface area contributed by atoms with E-state index in [9.17, 15) is 9.59 Å². The SMILES string of the molecule is O=C(c1ccc(Cl)cc1)N1CCCC(C(=O)N(C2CCCC2)C2CC2)C1. The van der Waals surface area contributed by atoms with Crippen molar-refractivity contribution in [3.05, 3.63) is 34.9 Å². The van der Waals surface area contributed by atoms with Crippen LogP contribution < -0.4 is 0 Å². The molecule has 4 rings (SSSR count). The summed E-state index contributed by atoms with van der Waals surface area (Å²) in [5, 5.41) is 0.630. The van der Waals surface area contributed by atoms with Gasteiger partial charge in [0.25, 0.3) is 5.91 Å². The number of piperidine rings is 1. The van der Waals surface area contributed by atoms with Crippen LogP contribution in [-0.2, 0) is 4.79 Å². The molecule has 1 aliphatic heterocycles. The molecule has 1 saturated heterocycles. The number of benzene rings is 1. The van der Waals surface area contributed by atoms with Crippen LogP contribution in [0.15, 0.2) is 24.3 Å². The molecule has 2 saturated carbocycles. The van der Waals surface area contributed by atoms with Gasteiger partial charge in [0.15, 0.2) is 0 Å². The van der Waals surface area contributed by atoms with Gasteiger partial charge in [0.1, 0.15) is 0 Å². The predicted octanol–water partition coefficient (Wildman–Crippen LogP) is 4.13. The predicted molar refractivity (Wildman–Crippen MR) is 102 cm³/mol. The van der Waals surface area contributed by atoms with E-state index < -0.39 is 0 Å².